The van der Waals surface area contributed by atoms with Crippen LogP contribution in [0.15, 0.2) is 82.2 Å². The van der Waals surface area contributed by atoms with E-state index in [9.17, 15) is 13.2 Å². The number of sulfonamides is 1. The van der Waals surface area contributed by atoms with Crippen molar-refractivity contribution in [1.29, 1.82) is 0 Å². The Morgan fingerprint density at radius 1 is 1.03 bits per heavy atom. The Morgan fingerprint density at radius 2 is 1.70 bits per heavy atom. The molecule has 3 rings (SSSR count). The third kappa shape index (κ3) is 6.66. The molecule has 174 valence electrons. The number of ether oxygens (including phenoxy) is 1. The maximum absolute atomic E-state index is 12.9. The molecule has 0 saturated heterocycles. The molecular formula is C25H27BrN2O4S. The molecule has 0 spiro atoms. The van der Waals surface area contributed by atoms with Crippen molar-refractivity contribution in [3.63, 3.8) is 0 Å². The second-order valence-electron chi connectivity index (χ2n) is 8.07. The average molecular weight is 531 g/mol. The van der Waals surface area contributed by atoms with Crippen molar-refractivity contribution in [3.8, 4) is 5.75 Å². The largest absolute Gasteiger partial charge is 0.492 e. The molecule has 0 radical (unpaired) electrons. The van der Waals surface area contributed by atoms with E-state index >= 15 is 0 Å². The van der Waals surface area contributed by atoms with Gasteiger partial charge >= 0.3 is 0 Å². The van der Waals surface area contributed by atoms with Gasteiger partial charge in [-0.05, 0) is 53.9 Å². The zero-order valence-electron chi connectivity index (χ0n) is 18.8. The lowest BCUT2D eigenvalue weighted by Crippen LogP contribution is -2.26. The van der Waals surface area contributed by atoms with Crippen LogP contribution >= 0.6 is 15.9 Å². The van der Waals surface area contributed by atoms with E-state index in [4.69, 9.17) is 4.74 Å². The highest BCUT2D eigenvalue weighted by Crippen LogP contribution is 2.26. The fourth-order valence-electron chi connectivity index (χ4n) is 3.08. The molecule has 0 saturated carbocycles. The fraction of sp³-hybridized carbons (Fsp3) is 0.240. The number of benzene rings is 3. The number of amides is 1. The van der Waals surface area contributed by atoms with Gasteiger partial charge in [0.15, 0.2) is 0 Å². The first-order valence-electron chi connectivity index (χ1n) is 10.5. The third-order valence-corrected chi connectivity index (χ3v) is 7.14. The van der Waals surface area contributed by atoms with Gasteiger partial charge in [-0.3, -0.25) is 4.79 Å². The minimum Gasteiger partial charge on any atom is -0.492 e. The quantitative estimate of drug-likeness (QED) is 0.393. The van der Waals surface area contributed by atoms with Gasteiger partial charge in [0.25, 0.3) is 5.91 Å². The van der Waals surface area contributed by atoms with Crippen LogP contribution in [-0.2, 0) is 16.6 Å². The van der Waals surface area contributed by atoms with Crippen molar-refractivity contribution < 1.29 is 17.9 Å². The number of hydrogen-bond acceptors (Lipinski definition) is 4. The van der Waals surface area contributed by atoms with Crippen molar-refractivity contribution in [3.05, 3.63) is 88.4 Å². The van der Waals surface area contributed by atoms with Gasteiger partial charge in [-0.15, -0.1) is 0 Å². The molecule has 0 unspecified atom stereocenters. The van der Waals surface area contributed by atoms with Crippen LogP contribution in [0.3, 0.4) is 0 Å². The number of rotatable bonds is 9. The lowest BCUT2D eigenvalue weighted by Gasteiger charge is -2.18. The number of anilines is 1. The Morgan fingerprint density at radius 3 is 2.33 bits per heavy atom. The van der Waals surface area contributed by atoms with E-state index in [2.05, 4.69) is 21.2 Å². The Bertz CT molecular complexity index is 1200. The van der Waals surface area contributed by atoms with E-state index in [-0.39, 0.29) is 17.3 Å². The van der Waals surface area contributed by atoms with Crippen LogP contribution in [-0.4, -0.2) is 32.3 Å². The van der Waals surface area contributed by atoms with Crippen molar-refractivity contribution in [1.82, 2.24) is 4.31 Å². The SMILES string of the molecule is CC(C)COc1ccc(Br)cc1C(=O)Nc1ccc(S(=O)(=O)N(C)Cc2ccccc2)cc1. The van der Waals surface area contributed by atoms with Crippen molar-refractivity contribution in [2.45, 2.75) is 25.3 Å². The average Bonchev–Trinajstić information content (AvgIpc) is 2.79. The zero-order chi connectivity index (χ0) is 24.0. The number of hydrogen-bond donors (Lipinski definition) is 1. The molecular weight excluding hydrogens is 504 g/mol. The van der Waals surface area contributed by atoms with Crippen LogP contribution in [0.5, 0.6) is 5.75 Å². The zero-order valence-corrected chi connectivity index (χ0v) is 21.2. The predicted octanol–water partition coefficient (Wildman–Crippen LogP) is 5.56. The highest BCUT2D eigenvalue weighted by Gasteiger charge is 2.21. The van der Waals surface area contributed by atoms with E-state index in [1.54, 1.807) is 31.3 Å². The minimum absolute atomic E-state index is 0.155. The Kier molecular flexibility index (Phi) is 8.29. The van der Waals surface area contributed by atoms with Crippen LogP contribution in [0.1, 0.15) is 29.8 Å². The second kappa shape index (κ2) is 11.0. The third-order valence-electron chi connectivity index (χ3n) is 4.83. The lowest BCUT2D eigenvalue weighted by molar-refractivity contribution is 0.102. The van der Waals surface area contributed by atoms with E-state index in [1.807, 2.05) is 50.2 Å². The summed E-state index contributed by atoms with van der Waals surface area (Å²) in [6, 6.07) is 20.8. The van der Waals surface area contributed by atoms with Gasteiger partial charge in [-0.2, -0.15) is 4.31 Å². The summed E-state index contributed by atoms with van der Waals surface area (Å²) in [4.78, 5) is 13.0. The predicted molar refractivity (Wildman–Crippen MR) is 134 cm³/mol. The van der Waals surface area contributed by atoms with Gasteiger partial charge in [-0.25, -0.2) is 8.42 Å². The smallest absolute Gasteiger partial charge is 0.259 e. The van der Waals surface area contributed by atoms with Gasteiger partial charge in [0.2, 0.25) is 10.0 Å². The summed E-state index contributed by atoms with van der Waals surface area (Å²) in [5.74, 6) is 0.470. The normalized spacial score (nSPS) is 11.6. The summed E-state index contributed by atoms with van der Waals surface area (Å²) in [5.41, 5.74) is 1.78. The maximum atomic E-state index is 12.9. The van der Waals surface area contributed by atoms with Crippen molar-refractivity contribution >= 4 is 37.5 Å². The molecule has 3 aromatic carbocycles. The fourth-order valence-corrected chi connectivity index (χ4v) is 4.60. The van der Waals surface area contributed by atoms with E-state index in [1.165, 1.54) is 16.4 Å². The summed E-state index contributed by atoms with van der Waals surface area (Å²) in [6.45, 7) is 4.83. The highest BCUT2D eigenvalue weighted by atomic mass is 79.9. The molecule has 0 fully saturated rings. The van der Waals surface area contributed by atoms with E-state index < -0.39 is 10.0 Å². The summed E-state index contributed by atoms with van der Waals surface area (Å²) in [6.07, 6.45) is 0. The number of carbonyl (C=O) groups is 1. The number of nitrogens with zero attached hydrogens (tertiary/aromatic N) is 1. The number of nitrogens with one attached hydrogen (secondary N) is 1. The Hall–Kier alpha value is -2.68. The summed E-state index contributed by atoms with van der Waals surface area (Å²) < 4.78 is 33.7. The molecule has 1 amide bonds. The molecule has 3 aromatic rings. The van der Waals surface area contributed by atoms with Crippen LogP contribution in [0.4, 0.5) is 5.69 Å². The molecule has 0 aliphatic rings. The van der Waals surface area contributed by atoms with Crippen LogP contribution in [0, 0.1) is 5.92 Å². The first kappa shape index (κ1) is 25.0. The molecule has 1 N–H and O–H groups in total. The minimum atomic E-state index is -3.67. The standard InChI is InChI=1S/C25H27BrN2O4S/c1-18(2)17-32-24-14-9-20(26)15-23(24)25(29)27-21-10-12-22(13-11-21)33(30,31)28(3)16-19-7-5-4-6-8-19/h4-15,18H,16-17H2,1-3H3,(H,27,29). The molecule has 0 aromatic heterocycles. The molecule has 6 nitrogen and oxygen atoms in total. The van der Waals surface area contributed by atoms with Gasteiger partial charge < -0.3 is 10.1 Å². The van der Waals surface area contributed by atoms with Crippen LogP contribution in [0.25, 0.3) is 0 Å². The van der Waals surface area contributed by atoms with Crippen LogP contribution in [0.2, 0.25) is 0 Å². The highest BCUT2D eigenvalue weighted by molar-refractivity contribution is 9.10. The molecule has 0 aliphatic carbocycles. The summed E-state index contributed by atoms with van der Waals surface area (Å²) in [7, 11) is -2.12. The number of carbonyl (C=O) groups excluding carboxylic acids is 1. The summed E-state index contributed by atoms with van der Waals surface area (Å²) >= 11 is 3.39. The first-order chi connectivity index (χ1) is 15.7. The van der Waals surface area contributed by atoms with E-state index in [0.29, 0.717) is 29.5 Å². The van der Waals surface area contributed by atoms with E-state index in [0.717, 1.165) is 10.0 Å². The van der Waals surface area contributed by atoms with Gasteiger partial charge in [0, 0.05) is 23.8 Å². The maximum Gasteiger partial charge on any atom is 0.259 e. The topological polar surface area (TPSA) is 75.7 Å². The summed E-state index contributed by atoms with van der Waals surface area (Å²) in [5, 5.41) is 2.81. The van der Waals surface area contributed by atoms with Gasteiger partial charge in [0.1, 0.15) is 5.75 Å². The Balaban J connectivity index is 1.73. The van der Waals surface area contributed by atoms with Crippen LogP contribution < -0.4 is 10.1 Å². The molecule has 0 heterocycles. The molecule has 0 bridgehead atoms. The lowest BCUT2D eigenvalue weighted by atomic mass is 10.1. The molecule has 0 atom stereocenters. The second-order valence-corrected chi connectivity index (χ2v) is 11.0. The van der Waals surface area contributed by atoms with Gasteiger partial charge in [0.05, 0.1) is 17.1 Å². The van der Waals surface area contributed by atoms with Crippen molar-refractivity contribution in [2.24, 2.45) is 5.92 Å². The first-order valence-corrected chi connectivity index (χ1v) is 12.7. The molecule has 8 heteroatoms. The molecule has 0 aliphatic heterocycles. The monoisotopic (exact) mass is 530 g/mol. The molecule has 33 heavy (non-hydrogen) atoms. The van der Waals surface area contributed by atoms with Gasteiger partial charge in [-0.1, -0.05) is 60.1 Å². The van der Waals surface area contributed by atoms with Crippen molar-refractivity contribution in [2.75, 3.05) is 19.0 Å². The number of halogens is 1. The Labute approximate surface area is 203 Å².